The third-order valence-electron chi connectivity index (χ3n) is 6.27. The fourth-order valence-electron chi connectivity index (χ4n) is 4.54. The molecule has 1 aliphatic heterocycles. The summed E-state index contributed by atoms with van der Waals surface area (Å²) in [6.45, 7) is 8.33. The van der Waals surface area contributed by atoms with Crippen molar-refractivity contribution in [2.75, 3.05) is 32.7 Å². The number of hydrogen-bond acceptors (Lipinski definition) is 3. The number of fused-ring (bicyclic) bond motifs is 1. The second-order valence-electron chi connectivity index (χ2n) is 8.36. The lowest BCUT2D eigenvalue weighted by molar-refractivity contribution is -1.02. The number of para-hydroxylation sites is 1. The zero-order valence-electron chi connectivity index (χ0n) is 16.3. The summed E-state index contributed by atoms with van der Waals surface area (Å²) in [5.74, 6) is 0.881. The van der Waals surface area contributed by atoms with Gasteiger partial charge in [-0.2, -0.15) is 0 Å². The molecule has 3 N–H and O–H groups in total. The number of quaternary nitrogens is 2. The van der Waals surface area contributed by atoms with Gasteiger partial charge in [-0.1, -0.05) is 31.9 Å². The number of rotatable bonds is 5. The van der Waals surface area contributed by atoms with Crippen molar-refractivity contribution in [1.82, 2.24) is 10.3 Å². The summed E-state index contributed by atoms with van der Waals surface area (Å²) in [5, 5.41) is 4.54. The lowest BCUT2D eigenvalue weighted by Crippen LogP contribution is -3.28. The van der Waals surface area contributed by atoms with E-state index in [1.807, 2.05) is 11.3 Å². The molecule has 4 rings (SSSR count). The van der Waals surface area contributed by atoms with Gasteiger partial charge in [0.05, 0.1) is 10.2 Å². The van der Waals surface area contributed by atoms with E-state index in [4.69, 9.17) is 4.98 Å². The van der Waals surface area contributed by atoms with Crippen LogP contribution in [0.4, 0.5) is 0 Å². The Kier molecular flexibility index (Phi) is 6.05. The number of aromatic nitrogens is 1. The lowest BCUT2D eigenvalue weighted by Gasteiger charge is -2.31. The molecule has 27 heavy (non-hydrogen) atoms. The molecule has 146 valence electrons. The fraction of sp³-hybridized carbons (Fsp3) is 0.619. The maximum atomic E-state index is 12.4. The van der Waals surface area contributed by atoms with Crippen LogP contribution in [0, 0.1) is 5.92 Å². The molecule has 2 heterocycles. The first kappa shape index (κ1) is 18.8. The molecular weight excluding hydrogens is 356 g/mol. The van der Waals surface area contributed by atoms with Crippen LogP contribution in [0.1, 0.15) is 37.6 Å². The summed E-state index contributed by atoms with van der Waals surface area (Å²) in [7, 11) is 0. The first-order chi connectivity index (χ1) is 13.2. The fourth-order valence-corrected chi connectivity index (χ4v) is 5.57. The zero-order chi connectivity index (χ0) is 18.6. The van der Waals surface area contributed by atoms with Gasteiger partial charge in [-0.15, -0.1) is 11.3 Å². The van der Waals surface area contributed by atoms with Crippen molar-refractivity contribution in [3.05, 3.63) is 29.3 Å². The summed E-state index contributed by atoms with van der Waals surface area (Å²) >= 11 is 1.82. The average Bonchev–Trinajstić information content (AvgIpc) is 3.07. The number of thiazole rings is 1. The number of nitrogens with zero attached hydrogens (tertiary/aromatic N) is 1. The van der Waals surface area contributed by atoms with Crippen LogP contribution in [-0.4, -0.2) is 49.7 Å². The van der Waals surface area contributed by atoms with E-state index in [0.717, 1.165) is 44.7 Å². The summed E-state index contributed by atoms with van der Waals surface area (Å²) in [6.07, 6.45) is 4.99. The van der Waals surface area contributed by atoms with Crippen LogP contribution in [0.3, 0.4) is 0 Å². The van der Waals surface area contributed by atoms with E-state index in [-0.39, 0.29) is 5.91 Å². The first-order valence-corrected chi connectivity index (χ1v) is 11.3. The standard InChI is InChI=1S/C21H30N4OS/c1-16-6-2-3-7-17(16)22-20(26)14-24-10-12-25(13-11-24)15-21-23-18-8-4-5-9-19(18)27-21/h4-5,8-9,16-17H,2-3,6-7,10-15H2,1H3,(H,22,26)/p+2/t16-,17+/m0/s1. The van der Waals surface area contributed by atoms with Gasteiger partial charge in [-0.25, -0.2) is 4.98 Å². The second kappa shape index (κ2) is 8.67. The topological polar surface area (TPSA) is 50.9 Å². The van der Waals surface area contributed by atoms with Gasteiger partial charge < -0.3 is 15.1 Å². The Bertz CT molecular complexity index is 735. The van der Waals surface area contributed by atoms with Crippen LogP contribution in [0.15, 0.2) is 24.3 Å². The number of amides is 1. The number of hydrogen-bond donors (Lipinski definition) is 3. The van der Waals surface area contributed by atoms with Crippen LogP contribution >= 0.6 is 11.3 Å². The van der Waals surface area contributed by atoms with Gasteiger partial charge in [-0.05, 0) is 30.9 Å². The highest BCUT2D eigenvalue weighted by molar-refractivity contribution is 7.18. The van der Waals surface area contributed by atoms with E-state index < -0.39 is 0 Å². The molecular formula is C21H32N4OS+2. The molecule has 1 aliphatic carbocycles. The minimum absolute atomic E-state index is 0.248. The molecule has 1 amide bonds. The Balaban J connectivity index is 1.22. The molecule has 5 nitrogen and oxygen atoms in total. The van der Waals surface area contributed by atoms with Crippen molar-refractivity contribution < 1.29 is 14.6 Å². The van der Waals surface area contributed by atoms with E-state index in [9.17, 15) is 4.79 Å². The highest BCUT2D eigenvalue weighted by atomic mass is 32.1. The van der Waals surface area contributed by atoms with E-state index in [1.165, 1.54) is 33.9 Å². The Morgan fingerprint density at radius 1 is 1.15 bits per heavy atom. The third-order valence-corrected chi connectivity index (χ3v) is 7.31. The van der Waals surface area contributed by atoms with Crippen LogP contribution < -0.4 is 15.1 Å². The Labute approximate surface area is 165 Å². The number of benzene rings is 1. The first-order valence-electron chi connectivity index (χ1n) is 10.5. The van der Waals surface area contributed by atoms with Crippen molar-refractivity contribution >= 4 is 27.5 Å². The van der Waals surface area contributed by atoms with Gasteiger partial charge in [0.1, 0.15) is 37.7 Å². The SMILES string of the molecule is C[C@H]1CCCC[C@H]1NC(=O)C[NH+]1CC[NH+](Cc2nc3ccccc3s2)CC1. The molecule has 6 heteroatoms. The number of carbonyl (C=O) groups excluding carboxylic acids is 1. The Hall–Kier alpha value is -1.50. The van der Waals surface area contributed by atoms with Crippen molar-refractivity contribution in [2.45, 2.75) is 45.2 Å². The van der Waals surface area contributed by atoms with E-state index >= 15 is 0 Å². The van der Waals surface area contributed by atoms with E-state index in [0.29, 0.717) is 18.5 Å². The second-order valence-corrected chi connectivity index (χ2v) is 9.48. The van der Waals surface area contributed by atoms with Gasteiger partial charge in [0.15, 0.2) is 6.54 Å². The minimum atomic E-state index is 0.248. The molecule has 0 radical (unpaired) electrons. The number of carbonyl (C=O) groups is 1. The molecule has 2 aliphatic rings. The van der Waals surface area contributed by atoms with Gasteiger partial charge in [-0.3, -0.25) is 4.79 Å². The van der Waals surface area contributed by atoms with E-state index in [1.54, 1.807) is 4.90 Å². The van der Waals surface area contributed by atoms with Crippen LogP contribution in [0.25, 0.3) is 10.2 Å². The molecule has 0 spiro atoms. The summed E-state index contributed by atoms with van der Waals surface area (Å²) in [4.78, 5) is 20.3. The monoisotopic (exact) mass is 388 g/mol. The highest BCUT2D eigenvalue weighted by Crippen LogP contribution is 2.23. The van der Waals surface area contributed by atoms with Crippen molar-refractivity contribution in [1.29, 1.82) is 0 Å². The molecule has 1 aromatic carbocycles. The molecule has 1 aromatic heterocycles. The van der Waals surface area contributed by atoms with Gasteiger partial charge in [0.25, 0.3) is 5.91 Å². The zero-order valence-corrected chi connectivity index (χ0v) is 17.1. The average molecular weight is 389 g/mol. The number of piperazine rings is 1. The Morgan fingerprint density at radius 2 is 1.89 bits per heavy atom. The predicted molar refractivity (Wildman–Crippen MR) is 109 cm³/mol. The molecule has 0 bridgehead atoms. The quantitative estimate of drug-likeness (QED) is 0.689. The molecule has 0 unspecified atom stereocenters. The van der Waals surface area contributed by atoms with Gasteiger partial charge in [0, 0.05) is 6.04 Å². The van der Waals surface area contributed by atoms with Gasteiger partial charge in [0.2, 0.25) is 0 Å². The van der Waals surface area contributed by atoms with Gasteiger partial charge >= 0.3 is 0 Å². The Morgan fingerprint density at radius 3 is 2.67 bits per heavy atom. The molecule has 1 saturated heterocycles. The molecule has 2 atom stereocenters. The van der Waals surface area contributed by atoms with Crippen LogP contribution in [0.2, 0.25) is 0 Å². The normalized spacial score (nSPS) is 28.9. The third kappa shape index (κ3) is 4.86. The lowest BCUT2D eigenvalue weighted by atomic mass is 9.86. The summed E-state index contributed by atoms with van der Waals surface area (Å²) in [6, 6.07) is 8.79. The smallest absolute Gasteiger partial charge is 0.275 e. The molecule has 2 fully saturated rings. The van der Waals surface area contributed by atoms with Crippen LogP contribution in [0.5, 0.6) is 0 Å². The number of nitrogens with one attached hydrogen (secondary N) is 3. The minimum Gasteiger partial charge on any atom is -0.348 e. The highest BCUT2D eigenvalue weighted by Gasteiger charge is 2.28. The maximum Gasteiger partial charge on any atom is 0.275 e. The molecule has 2 aromatic rings. The maximum absolute atomic E-state index is 12.4. The van der Waals surface area contributed by atoms with Crippen molar-refractivity contribution in [3.63, 3.8) is 0 Å². The largest absolute Gasteiger partial charge is 0.348 e. The summed E-state index contributed by atoms with van der Waals surface area (Å²) < 4.78 is 1.28. The summed E-state index contributed by atoms with van der Waals surface area (Å²) in [5.41, 5.74) is 1.12. The predicted octanol–water partition coefficient (Wildman–Crippen LogP) is 0.275. The van der Waals surface area contributed by atoms with E-state index in [2.05, 4.69) is 36.5 Å². The van der Waals surface area contributed by atoms with Crippen molar-refractivity contribution in [2.24, 2.45) is 5.92 Å². The van der Waals surface area contributed by atoms with Crippen LogP contribution in [-0.2, 0) is 11.3 Å². The van der Waals surface area contributed by atoms with Crippen molar-refractivity contribution in [3.8, 4) is 0 Å². The molecule has 1 saturated carbocycles.